The number of nitrogens with one attached hydrogen (secondary N) is 1. The minimum atomic E-state index is -3.05. The number of urea groups is 1. The molecule has 1 saturated heterocycles. The van der Waals surface area contributed by atoms with E-state index in [0.29, 0.717) is 0 Å². The van der Waals surface area contributed by atoms with E-state index in [0.717, 1.165) is 12.8 Å². The van der Waals surface area contributed by atoms with E-state index in [1.54, 1.807) is 0 Å². The summed E-state index contributed by atoms with van der Waals surface area (Å²) in [5.74, 6) is -1.21. The maximum atomic E-state index is 12.0. The van der Waals surface area contributed by atoms with Crippen molar-refractivity contribution in [2.24, 2.45) is 5.92 Å². The molecule has 1 atom stereocenters. The van der Waals surface area contributed by atoms with E-state index in [1.807, 2.05) is 0 Å². The first kappa shape index (κ1) is 14.1. The standard InChI is InChI=1S/C11H18N2O5S/c1-11(9(14)15,8-2-3-8)12-10(16)13-4-6-19(17,18)7-5-13/h8H,2-7H2,1H3,(H,12,16)(H,14,15). The summed E-state index contributed by atoms with van der Waals surface area (Å²) in [5, 5.41) is 11.8. The second-order valence-electron chi connectivity index (χ2n) is 5.35. The molecule has 1 aliphatic carbocycles. The lowest BCUT2D eigenvalue weighted by atomic mass is 9.96. The van der Waals surface area contributed by atoms with Crippen molar-refractivity contribution in [2.75, 3.05) is 24.6 Å². The predicted molar refractivity (Wildman–Crippen MR) is 67.5 cm³/mol. The van der Waals surface area contributed by atoms with E-state index < -0.39 is 27.4 Å². The third kappa shape index (κ3) is 2.99. The van der Waals surface area contributed by atoms with Gasteiger partial charge in [0.15, 0.2) is 9.84 Å². The summed E-state index contributed by atoms with van der Waals surface area (Å²) in [6.07, 6.45) is 1.58. The van der Waals surface area contributed by atoms with Crippen molar-refractivity contribution in [3.05, 3.63) is 0 Å². The highest BCUT2D eigenvalue weighted by molar-refractivity contribution is 7.91. The van der Waals surface area contributed by atoms with Gasteiger partial charge in [-0.15, -0.1) is 0 Å². The van der Waals surface area contributed by atoms with Gasteiger partial charge >= 0.3 is 12.0 Å². The highest BCUT2D eigenvalue weighted by atomic mass is 32.2. The molecule has 0 spiro atoms. The number of nitrogens with zero attached hydrogens (tertiary/aromatic N) is 1. The number of hydrogen-bond donors (Lipinski definition) is 2. The molecule has 19 heavy (non-hydrogen) atoms. The normalized spacial score (nSPS) is 25.4. The summed E-state index contributed by atoms with van der Waals surface area (Å²) in [5.41, 5.74) is -1.26. The second-order valence-corrected chi connectivity index (χ2v) is 7.65. The van der Waals surface area contributed by atoms with Crippen LogP contribution in [0.25, 0.3) is 0 Å². The highest BCUT2D eigenvalue weighted by Crippen LogP contribution is 2.39. The number of sulfone groups is 1. The van der Waals surface area contributed by atoms with Crippen LogP contribution in [0.15, 0.2) is 0 Å². The molecule has 1 heterocycles. The van der Waals surface area contributed by atoms with Gasteiger partial charge in [0.25, 0.3) is 0 Å². The van der Waals surface area contributed by atoms with E-state index in [2.05, 4.69) is 5.32 Å². The molecule has 2 rings (SSSR count). The van der Waals surface area contributed by atoms with Crippen molar-refractivity contribution in [1.82, 2.24) is 10.2 Å². The summed E-state index contributed by atoms with van der Waals surface area (Å²) in [4.78, 5) is 24.7. The van der Waals surface area contributed by atoms with Crippen molar-refractivity contribution in [3.63, 3.8) is 0 Å². The fourth-order valence-electron chi connectivity index (χ4n) is 2.21. The van der Waals surface area contributed by atoms with Crippen LogP contribution in [0.5, 0.6) is 0 Å². The zero-order valence-corrected chi connectivity index (χ0v) is 11.6. The monoisotopic (exact) mass is 290 g/mol. The fourth-order valence-corrected chi connectivity index (χ4v) is 3.41. The topological polar surface area (TPSA) is 104 Å². The summed E-state index contributed by atoms with van der Waals surface area (Å²) >= 11 is 0. The SMILES string of the molecule is CC(NC(=O)N1CCS(=O)(=O)CC1)(C(=O)O)C1CC1. The molecule has 2 amide bonds. The molecule has 108 valence electrons. The maximum absolute atomic E-state index is 12.0. The predicted octanol–water partition coefficient (Wildman–Crippen LogP) is -0.320. The number of carboxylic acid groups (broad SMARTS) is 1. The lowest BCUT2D eigenvalue weighted by Crippen LogP contribution is -2.59. The van der Waals surface area contributed by atoms with Gasteiger partial charge in [-0.1, -0.05) is 0 Å². The maximum Gasteiger partial charge on any atom is 0.329 e. The number of rotatable bonds is 3. The van der Waals surface area contributed by atoms with Crippen LogP contribution in [-0.2, 0) is 14.6 Å². The van der Waals surface area contributed by atoms with Gasteiger partial charge in [-0.2, -0.15) is 0 Å². The van der Waals surface area contributed by atoms with Crippen LogP contribution in [0.1, 0.15) is 19.8 Å². The average molecular weight is 290 g/mol. The Bertz CT molecular complexity index is 485. The molecule has 0 radical (unpaired) electrons. The minimum Gasteiger partial charge on any atom is -0.480 e. The van der Waals surface area contributed by atoms with E-state index in [4.69, 9.17) is 0 Å². The molecule has 0 bridgehead atoms. The smallest absolute Gasteiger partial charge is 0.329 e. The van der Waals surface area contributed by atoms with Crippen LogP contribution in [0, 0.1) is 5.92 Å². The van der Waals surface area contributed by atoms with Gasteiger partial charge in [0.2, 0.25) is 0 Å². The molecule has 7 nitrogen and oxygen atoms in total. The third-order valence-electron chi connectivity index (χ3n) is 3.84. The van der Waals surface area contributed by atoms with Crippen molar-refractivity contribution in [2.45, 2.75) is 25.3 Å². The first-order chi connectivity index (χ1) is 8.74. The molecule has 2 aliphatic rings. The Morgan fingerprint density at radius 2 is 1.79 bits per heavy atom. The van der Waals surface area contributed by atoms with Gasteiger partial charge in [-0.3, -0.25) is 0 Å². The van der Waals surface area contributed by atoms with Gasteiger partial charge in [-0.05, 0) is 25.7 Å². The Balaban J connectivity index is 1.99. The molecular weight excluding hydrogens is 272 g/mol. The van der Waals surface area contributed by atoms with Crippen molar-refractivity contribution < 1.29 is 23.1 Å². The van der Waals surface area contributed by atoms with Crippen LogP contribution < -0.4 is 5.32 Å². The number of aliphatic carboxylic acids is 1. The average Bonchev–Trinajstić information content (AvgIpc) is 3.12. The molecule has 0 aromatic heterocycles. The van der Waals surface area contributed by atoms with E-state index in [1.165, 1.54) is 11.8 Å². The first-order valence-electron chi connectivity index (χ1n) is 6.25. The quantitative estimate of drug-likeness (QED) is 0.741. The molecule has 1 saturated carbocycles. The van der Waals surface area contributed by atoms with Gasteiger partial charge in [0.05, 0.1) is 11.5 Å². The Hall–Kier alpha value is -1.31. The van der Waals surface area contributed by atoms with Crippen LogP contribution in [-0.4, -0.2) is 60.6 Å². The number of carbonyl (C=O) groups is 2. The molecule has 1 unspecified atom stereocenters. The summed E-state index contributed by atoms with van der Waals surface area (Å²) in [6, 6.07) is -0.494. The van der Waals surface area contributed by atoms with Crippen molar-refractivity contribution in [3.8, 4) is 0 Å². The van der Waals surface area contributed by atoms with Gasteiger partial charge < -0.3 is 15.3 Å². The van der Waals surface area contributed by atoms with E-state index in [-0.39, 0.29) is 30.5 Å². The first-order valence-corrected chi connectivity index (χ1v) is 8.08. The molecule has 8 heteroatoms. The number of hydrogen-bond acceptors (Lipinski definition) is 4. The minimum absolute atomic E-state index is 0.0394. The van der Waals surface area contributed by atoms with Gasteiger partial charge in [0.1, 0.15) is 5.54 Å². The third-order valence-corrected chi connectivity index (χ3v) is 5.45. The lowest BCUT2D eigenvalue weighted by Gasteiger charge is -2.32. The van der Waals surface area contributed by atoms with Crippen LogP contribution in [0.2, 0.25) is 0 Å². The molecule has 1 aliphatic heterocycles. The van der Waals surface area contributed by atoms with Crippen LogP contribution in [0.4, 0.5) is 4.79 Å². The largest absolute Gasteiger partial charge is 0.480 e. The van der Waals surface area contributed by atoms with Crippen molar-refractivity contribution >= 4 is 21.8 Å². The Labute approximate surface area is 111 Å². The van der Waals surface area contributed by atoms with Crippen molar-refractivity contribution in [1.29, 1.82) is 0 Å². The molecular formula is C11H18N2O5S. The molecule has 2 N–H and O–H groups in total. The zero-order chi connectivity index (χ0) is 14.3. The van der Waals surface area contributed by atoms with Gasteiger partial charge in [-0.25, -0.2) is 18.0 Å². The van der Waals surface area contributed by atoms with E-state index >= 15 is 0 Å². The molecule has 0 aromatic rings. The lowest BCUT2D eigenvalue weighted by molar-refractivity contribution is -0.144. The zero-order valence-electron chi connectivity index (χ0n) is 10.8. The Kier molecular flexibility index (Phi) is 3.46. The summed E-state index contributed by atoms with van der Waals surface area (Å²) in [7, 11) is -3.05. The van der Waals surface area contributed by atoms with Gasteiger partial charge in [0, 0.05) is 13.1 Å². The second kappa shape index (κ2) is 4.66. The van der Waals surface area contributed by atoms with E-state index in [9.17, 15) is 23.1 Å². The Morgan fingerprint density at radius 1 is 1.26 bits per heavy atom. The number of carboxylic acids is 1. The molecule has 0 aromatic carbocycles. The van der Waals surface area contributed by atoms with Crippen LogP contribution >= 0.6 is 0 Å². The van der Waals surface area contributed by atoms with Crippen LogP contribution in [0.3, 0.4) is 0 Å². The molecule has 2 fully saturated rings. The Morgan fingerprint density at radius 3 is 2.21 bits per heavy atom. The fraction of sp³-hybridized carbons (Fsp3) is 0.818. The number of carbonyl (C=O) groups excluding carboxylic acids is 1. The highest BCUT2D eigenvalue weighted by Gasteiger charge is 2.49. The number of amides is 2. The summed E-state index contributed by atoms with van der Waals surface area (Å²) < 4.78 is 22.6. The summed E-state index contributed by atoms with van der Waals surface area (Å²) in [6.45, 7) is 1.74.